The summed E-state index contributed by atoms with van der Waals surface area (Å²) in [6, 6.07) is 11.0. The highest BCUT2D eigenvalue weighted by atomic mass is 32.1. The Balaban J connectivity index is 0.000000386. The molecule has 1 fully saturated rings. The molecule has 3 nitrogen and oxygen atoms in total. The molecule has 0 amide bonds. The zero-order chi connectivity index (χ0) is 11.6. The van der Waals surface area contributed by atoms with Gasteiger partial charge >= 0.3 is 11.6 Å². The van der Waals surface area contributed by atoms with E-state index in [1.165, 1.54) is 24.9 Å². The monoisotopic (exact) mass is 237 g/mol. The normalized spacial score (nSPS) is 19.1. The second-order valence-electron chi connectivity index (χ2n) is 3.54. The van der Waals surface area contributed by atoms with Crippen LogP contribution in [0.3, 0.4) is 0 Å². The van der Waals surface area contributed by atoms with Gasteiger partial charge in [0.1, 0.15) is 0 Å². The summed E-state index contributed by atoms with van der Waals surface area (Å²) >= 11 is -0.750. The van der Waals surface area contributed by atoms with Crippen molar-refractivity contribution in [1.82, 2.24) is 5.32 Å². The first kappa shape index (κ1) is 12.8. The minimum absolute atomic E-state index is 0.597. The van der Waals surface area contributed by atoms with E-state index in [0.29, 0.717) is 6.04 Å². The molecule has 0 radical (unpaired) electrons. The molecule has 1 aliphatic heterocycles. The van der Waals surface area contributed by atoms with Gasteiger partial charge in [0.05, 0.1) is 0 Å². The summed E-state index contributed by atoms with van der Waals surface area (Å²) in [5.74, 6) is 0. The molecule has 4 heteroatoms. The van der Waals surface area contributed by atoms with Crippen molar-refractivity contribution < 1.29 is 8.42 Å². The van der Waals surface area contributed by atoms with Gasteiger partial charge in [-0.3, -0.25) is 0 Å². The molecule has 1 aliphatic rings. The number of nitrogens with one attached hydrogen (secondary N) is 1. The molecule has 1 heterocycles. The highest BCUT2D eigenvalue weighted by molar-refractivity contribution is 7.51. The third-order valence-corrected chi connectivity index (χ3v) is 2.42. The Morgan fingerprint density at radius 1 is 1.25 bits per heavy atom. The van der Waals surface area contributed by atoms with Crippen LogP contribution in [0.2, 0.25) is 0 Å². The van der Waals surface area contributed by atoms with E-state index >= 15 is 0 Å². The molecule has 0 bridgehead atoms. The van der Waals surface area contributed by atoms with Gasteiger partial charge in [0.2, 0.25) is 0 Å². The average molecular weight is 237 g/mol. The predicted molar refractivity (Wildman–Crippen MR) is 65.4 cm³/mol. The largest absolute Gasteiger partial charge is 0.335 e. The summed E-state index contributed by atoms with van der Waals surface area (Å²) < 4.78 is 16.6. The van der Waals surface area contributed by atoms with Crippen molar-refractivity contribution in [3.05, 3.63) is 42.0 Å². The molecule has 1 N–H and O–H groups in total. The van der Waals surface area contributed by atoms with Crippen molar-refractivity contribution >= 4 is 17.6 Å². The number of benzene rings is 1. The van der Waals surface area contributed by atoms with E-state index in [0.717, 1.165) is 0 Å². The van der Waals surface area contributed by atoms with E-state index in [-0.39, 0.29) is 0 Å². The van der Waals surface area contributed by atoms with Crippen LogP contribution in [0.1, 0.15) is 18.4 Å². The second-order valence-corrected chi connectivity index (χ2v) is 3.68. The zero-order valence-corrected chi connectivity index (χ0v) is 9.78. The standard InChI is InChI=1S/C12H15N.O2S/c1-2-5-11(6-3-1)8-9-12-7-4-10-13-12;1-3-2/h1-3,5-6,8-9,12-13H,4,7,10H2;/b9-8+;. The van der Waals surface area contributed by atoms with Crippen LogP contribution in [-0.4, -0.2) is 21.0 Å². The lowest BCUT2D eigenvalue weighted by Gasteiger charge is -2.01. The molecule has 0 aromatic heterocycles. The van der Waals surface area contributed by atoms with Crippen molar-refractivity contribution in [3.8, 4) is 0 Å². The number of hydrogen-bond acceptors (Lipinski definition) is 3. The lowest BCUT2D eigenvalue weighted by atomic mass is 10.1. The molecular weight excluding hydrogens is 222 g/mol. The molecule has 0 aliphatic carbocycles. The molecule has 86 valence electrons. The Labute approximate surface area is 99.2 Å². The van der Waals surface area contributed by atoms with Crippen molar-refractivity contribution in [1.29, 1.82) is 0 Å². The van der Waals surface area contributed by atoms with Gasteiger partial charge in [-0.25, -0.2) is 0 Å². The molecule has 0 spiro atoms. The molecule has 1 aromatic carbocycles. The Kier molecular flexibility index (Phi) is 6.37. The molecule has 16 heavy (non-hydrogen) atoms. The van der Waals surface area contributed by atoms with Crippen LogP contribution >= 0.6 is 0 Å². The number of hydrogen-bond donors (Lipinski definition) is 1. The third kappa shape index (κ3) is 5.00. The maximum Gasteiger partial charge on any atom is 0.335 e. The topological polar surface area (TPSA) is 46.2 Å². The van der Waals surface area contributed by atoms with E-state index < -0.39 is 11.6 Å². The van der Waals surface area contributed by atoms with Gasteiger partial charge in [-0.15, -0.1) is 0 Å². The van der Waals surface area contributed by atoms with Crippen LogP contribution in [0.15, 0.2) is 36.4 Å². The van der Waals surface area contributed by atoms with E-state index in [1.54, 1.807) is 0 Å². The third-order valence-electron chi connectivity index (χ3n) is 2.42. The Morgan fingerprint density at radius 3 is 2.50 bits per heavy atom. The molecule has 1 aromatic rings. The van der Waals surface area contributed by atoms with Crippen LogP contribution < -0.4 is 5.32 Å². The van der Waals surface area contributed by atoms with Crippen molar-refractivity contribution in [2.75, 3.05) is 6.54 Å². The number of rotatable bonds is 2. The minimum Gasteiger partial charge on any atom is -0.311 e. The van der Waals surface area contributed by atoms with E-state index in [1.807, 2.05) is 6.07 Å². The zero-order valence-electron chi connectivity index (χ0n) is 8.96. The van der Waals surface area contributed by atoms with Crippen LogP contribution in [-0.2, 0) is 11.6 Å². The lowest BCUT2D eigenvalue weighted by molar-refractivity contribution is 0.630. The van der Waals surface area contributed by atoms with Crippen LogP contribution in [0.5, 0.6) is 0 Å². The maximum absolute atomic E-state index is 8.29. The molecule has 1 unspecified atom stereocenters. The van der Waals surface area contributed by atoms with Gasteiger partial charge in [-0.1, -0.05) is 42.5 Å². The fourth-order valence-corrected chi connectivity index (χ4v) is 1.67. The first-order valence-corrected chi connectivity index (χ1v) is 5.92. The van der Waals surface area contributed by atoms with Gasteiger partial charge in [-0.05, 0) is 24.9 Å². The Bertz CT molecular complexity index is 353. The summed E-state index contributed by atoms with van der Waals surface area (Å²) in [5.41, 5.74) is 1.29. The minimum atomic E-state index is -0.750. The second kappa shape index (κ2) is 7.96. The molecule has 2 rings (SSSR count). The van der Waals surface area contributed by atoms with Crippen molar-refractivity contribution in [3.63, 3.8) is 0 Å². The first-order valence-electron chi connectivity index (χ1n) is 5.25. The van der Waals surface area contributed by atoms with E-state index in [2.05, 4.69) is 41.7 Å². The summed E-state index contributed by atoms with van der Waals surface area (Å²) in [5, 5.41) is 3.44. The van der Waals surface area contributed by atoms with Gasteiger partial charge in [-0.2, -0.15) is 8.42 Å². The van der Waals surface area contributed by atoms with Gasteiger partial charge in [0.15, 0.2) is 0 Å². The SMILES string of the molecule is C(=C\C1CCCN1)/c1ccccc1.O=S=O. The van der Waals surface area contributed by atoms with Gasteiger partial charge < -0.3 is 5.32 Å². The summed E-state index contributed by atoms with van der Waals surface area (Å²) in [4.78, 5) is 0. The predicted octanol–water partition coefficient (Wildman–Crippen LogP) is 1.78. The van der Waals surface area contributed by atoms with E-state index in [9.17, 15) is 0 Å². The molecule has 1 saturated heterocycles. The first-order chi connectivity index (χ1) is 7.86. The molecule has 1 atom stereocenters. The lowest BCUT2D eigenvalue weighted by Crippen LogP contribution is -2.17. The average Bonchev–Trinajstić information content (AvgIpc) is 2.82. The van der Waals surface area contributed by atoms with Crippen LogP contribution in [0.4, 0.5) is 0 Å². The fraction of sp³-hybridized carbons (Fsp3) is 0.333. The molecule has 0 saturated carbocycles. The van der Waals surface area contributed by atoms with E-state index in [4.69, 9.17) is 8.42 Å². The highest BCUT2D eigenvalue weighted by Gasteiger charge is 2.09. The van der Waals surface area contributed by atoms with Gasteiger partial charge in [0.25, 0.3) is 0 Å². The Hall–Kier alpha value is -1.26. The Morgan fingerprint density at radius 2 is 1.94 bits per heavy atom. The maximum atomic E-state index is 8.29. The summed E-state index contributed by atoms with van der Waals surface area (Å²) in [6.07, 6.45) is 7.05. The van der Waals surface area contributed by atoms with Gasteiger partial charge in [0, 0.05) is 6.04 Å². The van der Waals surface area contributed by atoms with Crippen LogP contribution in [0, 0.1) is 0 Å². The molecular formula is C12H15NO2S. The quantitative estimate of drug-likeness (QED) is 0.853. The fourth-order valence-electron chi connectivity index (χ4n) is 1.67. The summed E-state index contributed by atoms with van der Waals surface area (Å²) in [6.45, 7) is 1.17. The van der Waals surface area contributed by atoms with Crippen molar-refractivity contribution in [2.24, 2.45) is 0 Å². The smallest absolute Gasteiger partial charge is 0.311 e. The van der Waals surface area contributed by atoms with Crippen LogP contribution in [0.25, 0.3) is 6.08 Å². The highest BCUT2D eigenvalue weighted by Crippen LogP contribution is 2.08. The summed E-state index contributed by atoms with van der Waals surface area (Å²) in [7, 11) is 0. The van der Waals surface area contributed by atoms with Crippen molar-refractivity contribution in [2.45, 2.75) is 18.9 Å².